The van der Waals surface area contributed by atoms with E-state index in [-0.39, 0.29) is 0 Å². The monoisotopic (exact) mass is 446 g/mol. The van der Waals surface area contributed by atoms with Crippen LogP contribution in [0.25, 0.3) is 0 Å². The summed E-state index contributed by atoms with van der Waals surface area (Å²) < 4.78 is 16.8. The molecule has 3 N–H and O–H groups in total. The minimum atomic E-state index is -2.74. The molecule has 0 aliphatic carbocycles. The number of benzene rings is 1. The molecule has 8 heteroatoms. The fourth-order valence-corrected chi connectivity index (χ4v) is 4.24. The molecule has 31 heavy (non-hydrogen) atoms. The van der Waals surface area contributed by atoms with Crippen LogP contribution < -0.4 is 10.5 Å². The Kier molecular flexibility index (Phi) is 8.78. The molecule has 1 aliphatic heterocycles. The molecule has 170 valence electrons. The first-order valence-corrected chi connectivity index (χ1v) is 13.1. The molecular weight excluding hydrogens is 411 g/mol. The summed E-state index contributed by atoms with van der Waals surface area (Å²) in [5.41, 5.74) is 7.59. The summed E-state index contributed by atoms with van der Waals surface area (Å²) in [6.45, 7) is 9.74. The highest BCUT2D eigenvalue weighted by Gasteiger charge is 2.34. The Morgan fingerprint density at radius 1 is 1.19 bits per heavy atom. The van der Waals surface area contributed by atoms with Crippen LogP contribution in [0.1, 0.15) is 58.9 Å². The Bertz CT molecular complexity index is 926. The second-order valence-electron chi connectivity index (χ2n) is 8.66. The zero-order chi connectivity index (χ0) is 23.1. The Morgan fingerprint density at radius 3 is 2.48 bits per heavy atom. The van der Waals surface area contributed by atoms with E-state index >= 15 is 0 Å². The van der Waals surface area contributed by atoms with Gasteiger partial charge in [-0.1, -0.05) is 63.4 Å². The topological polar surface area (TPSA) is 111 Å². The van der Waals surface area contributed by atoms with Crippen molar-refractivity contribution in [2.24, 2.45) is 10.9 Å². The predicted molar refractivity (Wildman–Crippen MR) is 128 cm³/mol. The lowest BCUT2D eigenvalue weighted by Crippen LogP contribution is -2.41. The summed E-state index contributed by atoms with van der Waals surface area (Å²) in [6, 6.07) is 9.89. The Balaban J connectivity index is 0.000000248. The van der Waals surface area contributed by atoms with Crippen molar-refractivity contribution in [2.75, 3.05) is 18.6 Å². The molecule has 0 saturated heterocycles. The van der Waals surface area contributed by atoms with E-state index in [1.807, 2.05) is 44.2 Å². The van der Waals surface area contributed by atoms with E-state index in [1.165, 1.54) is 25.8 Å². The van der Waals surface area contributed by atoms with Crippen molar-refractivity contribution < 1.29 is 14.2 Å². The minimum Gasteiger partial charge on any atom is -0.463 e. The lowest BCUT2D eigenvalue weighted by molar-refractivity contribution is 0.171. The molecule has 2 atom stereocenters. The maximum Gasteiger partial charge on any atom is 0.246 e. The lowest BCUT2D eigenvalue weighted by atomic mass is 9.94. The summed E-state index contributed by atoms with van der Waals surface area (Å²) in [5.74, 6) is 1.47. The number of anilines is 1. The van der Waals surface area contributed by atoms with E-state index < -0.39 is 13.0 Å². The zero-order valence-electron chi connectivity index (χ0n) is 19.2. The van der Waals surface area contributed by atoms with Crippen molar-refractivity contribution >= 4 is 24.6 Å². The number of ether oxygens (including phenoxy) is 1. The molecule has 0 saturated carbocycles. The number of nitrogens with two attached hydrogens (primary N) is 1. The lowest BCUT2D eigenvalue weighted by Gasteiger charge is -2.32. The molecule has 2 aromatic rings. The molecular formula is C23H35N4O3P. The third-order valence-corrected chi connectivity index (χ3v) is 6.21. The van der Waals surface area contributed by atoms with Gasteiger partial charge in [0.25, 0.3) is 0 Å². The third-order valence-electron chi connectivity index (χ3n) is 5.06. The van der Waals surface area contributed by atoms with E-state index in [0.717, 1.165) is 24.1 Å². The first kappa shape index (κ1) is 25.0. The molecule has 1 aromatic carbocycles. The van der Waals surface area contributed by atoms with Gasteiger partial charge in [0.15, 0.2) is 18.9 Å². The van der Waals surface area contributed by atoms with Crippen molar-refractivity contribution in [1.29, 1.82) is 0 Å². The Hall–Kier alpha value is -2.24. The van der Waals surface area contributed by atoms with E-state index in [2.05, 4.69) is 28.8 Å². The van der Waals surface area contributed by atoms with Gasteiger partial charge in [0.1, 0.15) is 11.9 Å². The minimum absolute atomic E-state index is 0.328. The number of fused-ring (bicyclic) bond motifs is 1. The largest absolute Gasteiger partial charge is 0.463 e. The highest BCUT2D eigenvalue weighted by Crippen LogP contribution is 2.39. The normalized spacial score (nSPS) is 17.2. The van der Waals surface area contributed by atoms with Crippen molar-refractivity contribution in [3.63, 3.8) is 0 Å². The van der Waals surface area contributed by atoms with Gasteiger partial charge < -0.3 is 15.4 Å². The second kappa shape index (κ2) is 10.9. The molecule has 3 rings (SSSR count). The molecule has 0 amide bonds. The number of rotatable bonds is 7. The van der Waals surface area contributed by atoms with Gasteiger partial charge in [0.2, 0.25) is 5.88 Å². The van der Waals surface area contributed by atoms with E-state index in [4.69, 9.17) is 15.4 Å². The van der Waals surface area contributed by atoms with Gasteiger partial charge in [-0.15, -0.1) is 0 Å². The number of nitrogen functional groups attached to an aromatic ring is 1. The standard InChI is InChI=1S/C14H14N4O.C9H21O2P/c1-14(2)11(9-6-4-3-5-7-9)18-10-12(15)16-8-17-13(10)19-14;1-4-6-9(2)7-5-8-12(3,10)11/h3-8H,1-2H3,(H2,15,16,17);9H,4-8H2,1-3H3,(H,10,11). The molecule has 2 unspecified atom stereocenters. The maximum atomic E-state index is 10.9. The van der Waals surface area contributed by atoms with Crippen LogP contribution in [0.15, 0.2) is 41.7 Å². The van der Waals surface area contributed by atoms with Gasteiger partial charge in [0, 0.05) is 18.4 Å². The van der Waals surface area contributed by atoms with Gasteiger partial charge in [-0.3, -0.25) is 4.57 Å². The number of hydrogen-bond donors (Lipinski definition) is 2. The zero-order valence-corrected chi connectivity index (χ0v) is 20.1. The maximum absolute atomic E-state index is 10.9. The molecule has 2 heterocycles. The fourth-order valence-electron chi connectivity index (χ4n) is 3.47. The number of aliphatic imine (C=N–C) groups is 1. The van der Waals surface area contributed by atoms with E-state index in [1.54, 1.807) is 0 Å². The number of hydrogen-bond acceptors (Lipinski definition) is 6. The van der Waals surface area contributed by atoms with Crippen LogP contribution in [0.5, 0.6) is 5.88 Å². The van der Waals surface area contributed by atoms with Crippen LogP contribution in [0.3, 0.4) is 0 Å². The highest BCUT2D eigenvalue weighted by molar-refractivity contribution is 7.57. The number of nitrogens with zero attached hydrogens (tertiary/aromatic N) is 3. The predicted octanol–water partition coefficient (Wildman–Crippen LogP) is 5.45. The molecule has 0 fully saturated rings. The van der Waals surface area contributed by atoms with Crippen molar-refractivity contribution in [2.45, 2.75) is 59.0 Å². The van der Waals surface area contributed by atoms with Crippen LogP contribution in [0.4, 0.5) is 11.5 Å². The quantitative estimate of drug-likeness (QED) is 0.547. The SMILES string of the molecule is CC1(C)Oc2ncnc(N)c2N=C1c1ccccc1.CCCC(C)CCCP(C)(=O)O. The average Bonchev–Trinajstić information content (AvgIpc) is 2.67. The van der Waals surface area contributed by atoms with Crippen molar-refractivity contribution in [3.8, 4) is 5.88 Å². The first-order valence-electron chi connectivity index (χ1n) is 10.8. The third kappa shape index (κ3) is 7.75. The number of aromatic nitrogens is 2. The Labute approximate surface area is 185 Å². The van der Waals surface area contributed by atoms with Crippen molar-refractivity contribution in [3.05, 3.63) is 42.2 Å². The van der Waals surface area contributed by atoms with Crippen LogP contribution in [0.2, 0.25) is 0 Å². The second-order valence-corrected chi connectivity index (χ2v) is 11.2. The van der Waals surface area contributed by atoms with Crippen LogP contribution in [0, 0.1) is 5.92 Å². The molecule has 7 nitrogen and oxygen atoms in total. The molecule has 1 aliphatic rings. The molecule has 0 radical (unpaired) electrons. The van der Waals surface area contributed by atoms with E-state index in [0.29, 0.717) is 29.5 Å². The van der Waals surface area contributed by atoms with Crippen LogP contribution in [-0.4, -0.2) is 39.0 Å². The van der Waals surface area contributed by atoms with Gasteiger partial charge in [0.05, 0.1) is 5.71 Å². The summed E-state index contributed by atoms with van der Waals surface area (Å²) in [6.07, 6.45) is 6.30. The summed E-state index contributed by atoms with van der Waals surface area (Å²) in [4.78, 5) is 21.7. The Morgan fingerprint density at radius 2 is 1.87 bits per heavy atom. The fraction of sp³-hybridized carbons (Fsp3) is 0.522. The van der Waals surface area contributed by atoms with Gasteiger partial charge in [-0.25, -0.2) is 9.98 Å². The van der Waals surface area contributed by atoms with Gasteiger partial charge in [-0.2, -0.15) is 4.98 Å². The average molecular weight is 447 g/mol. The first-order chi connectivity index (χ1) is 14.5. The van der Waals surface area contributed by atoms with Gasteiger partial charge in [-0.05, 0) is 26.2 Å². The molecule has 1 aromatic heterocycles. The summed E-state index contributed by atoms with van der Waals surface area (Å²) in [7, 11) is -2.74. The van der Waals surface area contributed by atoms with Gasteiger partial charge >= 0.3 is 0 Å². The summed E-state index contributed by atoms with van der Waals surface area (Å²) in [5, 5.41) is 0. The van der Waals surface area contributed by atoms with Crippen molar-refractivity contribution in [1.82, 2.24) is 9.97 Å². The highest BCUT2D eigenvalue weighted by atomic mass is 31.2. The summed E-state index contributed by atoms with van der Waals surface area (Å²) >= 11 is 0. The molecule has 0 spiro atoms. The molecule has 0 bridgehead atoms. The van der Waals surface area contributed by atoms with Crippen LogP contribution >= 0.6 is 7.37 Å². The smallest absolute Gasteiger partial charge is 0.246 e. The van der Waals surface area contributed by atoms with Crippen LogP contribution in [-0.2, 0) is 4.57 Å². The van der Waals surface area contributed by atoms with E-state index in [9.17, 15) is 4.57 Å².